The molecule has 0 amide bonds. The first kappa shape index (κ1) is 17.6. The van der Waals surface area contributed by atoms with Gasteiger partial charge in [-0.15, -0.1) is 5.10 Å². The van der Waals surface area contributed by atoms with Gasteiger partial charge in [-0.2, -0.15) is 5.10 Å². The van der Waals surface area contributed by atoms with E-state index in [4.69, 9.17) is 17.3 Å². The molecule has 3 rings (SSSR count). The Morgan fingerprint density at radius 3 is 2.58 bits per heavy atom. The van der Waals surface area contributed by atoms with Crippen molar-refractivity contribution >= 4 is 17.3 Å². The summed E-state index contributed by atoms with van der Waals surface area (Å²) in [5.41, 5.74) is 10.1. The van der Waals surface area contributed by atoms with Crippen LogP contribution in [0, 0.1) is 32.6 Å². The number of rotatable bonds is 2. The molecule has 0 aliphatic rings. The number of nitrogens with two attached hydrogens (primary N) is 1. The first-order valence-electron chi connectivity index (χ1n) is 7.86. The van der Waals surface area contributed by atoms with E-state index in [2.05, 4.69) is 38.6 Å². The highest BCUT2D eigenvalue weighted by Gasteiger charge is 2.16. The van der Waals surface area contributed by atoms with Gasteiger partial charge >= 0.3 is 0 Å². The van der Waals surface area contributed by atoms with Crippen LogP contribution in [0.25, 0.3) is 11.5 Å². The smallest absolute Gasteiger partial charge is 0.162 e. The van der Waals surface area contributed by atoms with Crippen molar-refractivity contribution in [3.63, 3.8) is 0 Å². The molecule has 3 heterocycles. The highest BCUT2D eigenvalue weighted by atomic mass is 35.5. The second kappa shape index (κ2) is 6.98. The second-order valence-corrected chi connectivity index (χ2v) is 6.15. The van der Waals surface area contributed by atoms with E-state index in [9.17, 15) is 0 Å². The van der Waals surface area contributed by atoms with Gasteiger partial charge in [0.25, 0.3) is 0 Å². The highest BCUT2D eigenvalue weighted by Crippen LogP contribution is 2.20. The van der Waals surface area contributed by atoms with Gasteiger partial charge in [-0.1, -0.05) is 24.1 Å². The van der Waals surface area contributed by atoms with Gasteiger partial charge in [0.1, 0.15) is 10.8 Å². The van der Waals surface area contributed by atoms with Crippen molar-refractivity contribution in [2.75, 3.05) is 0 Å². The Labute approximate surface area is 156 Å². The third-order valence-corrected chi connectivity index (χ3v) is 4.25. The molecule has 7 heteroatoms. The number of aryl methyl sites for hydroxylation is 1. The molecule has 130 valence electrons. The molecule has 0 saturated carbocycles. The Bertz CT molecular complexity index is 1050. The number of pyridine rings is 1. The number of halogens is 1. The Morgan fingerprint density at radius 2 is 1.92 bits per heavy atom. The van der Waals surface area contributed by atoms with Crippen LogP contribution in [0.1, 0.15) is 34.0 Å². The van der Waals surface area contributed by atoms with Crippen molar-refractivity contribution in [1.82, 2.24) is 24.7 Å². The fraction of sp³-hybridized carbons (Fsp3) is 0.158. The van der Waals surface area contributed by atoms with E-state index < -0.39 is 0 Å². The molecule has 0 unspecified atom stereocenters. The minimum Gasteiger partial charge on any atom is -0.396 e. The van der Waals surface area contributed by atoms with E-state index in [0.717, 1.165) is 22.5 Å². The van der Waals surface area contributed by atoms with E-state index in [-0.39, 0.29) is 0 Å². The molecule has 0 spiro atoms. The summed E-state index contributed by atoms with van der Waals surface area (Å²) in [6.07, 6.45) is 1.62. The molecule has 0 radical (unpaired) electrons. The summed E-state index contributed by atoms with van der Waals surface area (Å²) in [4.78, 5) is 8.56. The van der Waals surface area contributed by atoms with Crippen LogP contribution in [0.3, 0.4) is 0 Å². The van der Waals surface area contributed by atoms with Gasteiger partial charge in [0.2, 0.25) is 0 Å². The van der Waals surface area contributed by atoms with Crippen LogP contribution in [0.2, 0.25) is 5.15 Å². The monoisotopic (exact) mass is 364 g/mol. The van der Waals surface area contributed by atoms with Gasteiger partial charge in [0, 0.05) is 17.3 Å². The fourth-order valence-electron chi connectivity index (χ4n) is 2.40. The van der Waals surface area contributed by atoms with Crippen LogP contribution in [0.5, 0.6) is 0 Å². The molecule has 0 bridgehead atoms. The first-order valence-corrected chi connectivity index (χ1v) is 8.24. The Kier molecular flexibility index (Phi) is 4.74. The first-order chi connectivity index (χ1) is 12.4. The number of imidazole rings is 1. The topological polar surface area (TPSA) is 82.5 Å². The van der Waals surface area contributed by atoms with Crippen LogP contribution < -0.4 is 5.73 Å². The summed E-state index contributed by atoms with van der Waals surface area (Å²) in [7, 11) is 0. The molecule has 2 N–H and O–H groups in total. The van der Waals surface area contributed by atoms with Gasteiger partial charge in [0.05, 0.1) is 17.1 Å². The number of nitrogens with zero attached hydrogens (tertiary/aromatic N) is 5. The highest BCUT2D eigenvalue weighted by molar-refractivity contribution is 6.30. The fourth-order valence-corrected chi connectivity index (χ4v) is 2.56. The summed E-state index contributed by atoms with van der Waals surface area (Å²) in [6.45, 7) is 9.45. The Hall–Kier alpha value is -3.17. The maximum absolute atomic E-state index is 6.05. The SMILES string of the molecule is C=C(N)c1nc(C#Cc2ccnc(Cl)c2C)c(C)n1-c1ccc(C)nn1. The van der Waals surface area contributed by atoms with Gasteiger partial charge in [-0.25, -0.2) is 9.97 Å². The zero-order valence-electron chi connectivity index (χ0n) is 14.7. The predicted octanol–water partition coefficient (Wildman–Crippen LogP) is 2.97. The average Bonchev–Trinajstić information content (AvgIpc) is 2.94. The lowest BCUT2D eigenvalue weighted by molar-refractivity contribution is 0.861. The molecular weight excluding hydrogens is 348 g/mol. The number of hydrogen-bond donors (Lipinski definition) is 1. The molecule has 0 atom stereocenters. The molecule has 26 heavy (non-hydrogen) atoms. The largest absolute Gasteiger partial charge is 0.396 e. The minimum atomic E-state index is 0.326. The molecule has 3 aromatic heterocycles. The lowest BCUT2D eigenvalue weighted by Crippen LogP contribution is -2.08. The summed E-state index contributed by atoms with van der Waals surface area (Å²) in [6, 6.07) is 5.54. The summed E-state index contributed by atoms with van der Waals surface area (Å²) < 4.78 is 1.80. The van der Waals surface area contributed by atoms with E-state index in [1.807, 2.05) is 39.0 Å². The standard InChI is InChI=1S/C19H17ClN6/c1-11-5-8-17(25-24-11)26-14(4)16(23-19(26)13(3)21)7-6-15-9-10-22-18(20)12(15)2/h5,8-10H,3,21H2,1-2,4H3. The van der Waals surface area contributed by atoms with Crippen molar-refractivity contribution in [2.45, 2.75) is 20.8 Å². The third-order valence-electron chi connectivity index (χ3n) is 3.87. The van der Waals surface area contributed by atoms with Gasteiger partial charge in [0.15, 0.2) is 11.6 Å². The molecule has 0 fully saturated rings. The molecular formula is C19H17ClN6. The molecule has 3 aromatic rings. The van der Waals surface area contributed by atoms with E-state index in [1.54, 1.807) is 10.8 Å². The van der Waals surface area contributed by atoms with Gasteiger partial charge < -0.3 is 5.73 Å². The zero-order chi connectivity index (χ0) is 18.8. The average molecular weight is 365 g/mol. The summed E-state index contributed by atoms with van der Waals surface area (Å²) >= 11 is 6.05. The lowest BCUT2D eigenvalue weighted by Gasteiger charge is -2.07. The van der Waals surface area contributed by atoms with Crippen LogP contribution in [-0.2, 0) is 0 Å². The molecule has 6 nitrogen and oxygen atoms in total. The van der Waals surface area contributed by atoms with E-state index in [0.29, 0.717) is 28.2 Å². The summed E-state index contributed by atoms with van der Waals surface area (Å²) in [5, 5.41) is 8.74. The van der Waals surface area contributed by atoms with Crippen LogP contribution in [-0.4, -0.2) is 24.7 Å². The van der Waals surface area contributed by atoms with E-state index >= 15 is 0 Å². The van der Waals surface area contributed by atoms with Crippen LogP contribution in [0.15, 0.2) is 31.0 Å². The number of hydrogen-bond acceptors (Lipinski definition) is 5. The van der Waals surface area contributed by atoms with Gasteiger partial charge in [-0.3, -0.25) is 4.57 Å². The quantitative estimate of drug-likeness (QED) is 0.558. The molecule has 0 aliphatic heterocycles. The van der Waals surface area contributed by atoms with Crippen molar-refractivity contribution in [1.29, 1.82) is 0 Å². The van der Waals surface area contributed by atoms with Gasteiger partial charge in [-0.05, 0) is 44.9 Å². The Morgan fingerprint density at radius 1 is 1.15 bits per heavy atom. The molecule has 0 aliphatic carbocycles. The molecule has 0 aromatic carbocycles. The molecule has 0 saturated heterocycles. The maximum atomic E-state index is 6.05. The van der Waals surface area contributed by atoms with Crippen molar-refractivity contribution < 1.29 is 0 Å². The summed E-state index contributed by atoms with van der Waals surface area (Å²) in [5.74, 6) is 7.28. The van der Waals surface area contributed by atoms with Crippen molar-refractivity contribution in [3.05, 3.63) is 70.2 Å². The predicted molar refractivity (Wildman–Crippen MR) is 102 cm³/mol. The van der Waals surface area contributed by atoms with Crippen LogP contribution in [0.4, 0.5) is 0 Å². The normalized spacial score (nSPS) is 10.3. The maximum Gasteiger partial charge on any atom is 0.162 e. The zero-order valence-corrected chi connectivity index (χ0v) is 15.5. The Balaban J connectivity index is 2.12. The van der Waals surface area contributed by atoms with E-state index in [1.165, 1.54) is 0 Å². The van der Waals surface area contributed by atoms with Crippen molar-refractivity contribution in [2.24, 2.45) is 5.73 Å². The third kappa shape index (κ3) is 3.30. The lowest BCUT2D eigenvalue weighted by atomic mass is 10.1. The van der Waals surface area contributed by atoms with Crippen molar-refractivity contribution in [3.8, 4) is 17.7 Å². The minimum absolute atomic E-state index is 0.326. The van der Waals surface area contributed by atoms with Crippen LogP contribution >= 0.6 is 11.6 Å². The second-order valence-electron chi connectivity index (χ2n) is 5.79. The number of aromatic nitrogens is 5.